The fraction of sp³-hybridized carbons (Fsp3) is 0.444. The first-order chi connectivity index (χ1) is 6.04. The largest absolute Gasteiger partial charge is 0.463 e. The van der Waals surface area contributed by atoms with Gasteiger partial charge in [0.25, 0.3) is 0 Å². The minimum Gasteiger partial charge on any atom is -0.463 e. The van der Waals surface area contributed by atoms with Crippen molar-refractivity contribution in [2.45, 2.75) is 19.8 Å². The molecule has 13 heavy (non-hydrogen) atoms. The van der Waals surface area contributed by atoms with E-state index < -0.39 is 0 Å². The van der Waals surface area contributed by atoms with Crippen LogP contribution >= 0.6 is 23.2 Å². The molecule has 0 bridgehead atoms. The Labute approximate surface area is 89.2 Å². The molecule has 0 aliphatic rings. The van der Waals surface area contributed by atoms with Crippen LogP contribution in [0.3, 0.4) is 0 Å². The van der Waals surface area contributed by atoms with Gasteiger partial charge in [0.15, 0.2) is 0 Å². The summed E-state index contributed by atoms with van der Waals surface area (Å²) in [5.74, 6) is -0.330. The summed E-state index contributed by atoms with van der Waals surface area (Å²) in [4.78, 5) is 10.3. The Morgan fingerprint density at radius 1 is 1.54 bits per heavy atom. The molecule has 0 aromatic carbocycles. The molecular formula is C9H14Cl2O2. The van der Waals surface area contributed by atoms with Crippen molar-refractivity contribution >= 4 is 29.2 Å². The van der Waals surface area contributed by atoms with Crippen molar-refractivity contribution < 1.29 is 9.53 Å². The first-order valence-corrected chi connectivity index (χ1v) is 4.59. The summed E-state index contributed by atoms with van der Waals surface area (Å²) in [6.45, 7) is 8.91. The summed E-state index contributed by atoms with van der Waals surface area (Å²) >= 11 is 9.69. The van der Waals surface area contributed by atoms with E-state index in [0.717, 1.165) is 12.8 Å². The van der Waals surface area contributed by atoms with Gasteiger partial charge >= 0.3 is 5.97 Å². The van der Waals surface area contributed by atoms with Gasteiger partial charge in [-0.1, -0.05) is 49.7 Å². The maximum atomic E-state index is 10.3. The average Bonchev–Trinajstić information content (AvgIpc) is 2.03. The number of hydrogen-bond donors (Lipinski definition) is 0. The van der Waals surface area contributed by atoms with Crippen LogP contribution in [0.25, 0.3) is 0 Å². The summed E-state index contributed by atoms with van der Waals surface area (Å²) in [5, 5.41) is 0. The number of halogens is 2. The van der Waals surface area contributed by atoms with Gasteiger partial charge < -0.3 is 4.74 Å². The fourth-order valence-corrected chi connectivity index (χ4v) is 0.376. The normalized spacial score (nSPS) is 7.92. The number of rotatable bonds is 4. The number of ether oxygens (including phenoxy) is 1. The van der Waals surface area contributed by atoms with Gasteiger partial charge in [0, 0.05) is 6.08 Å². The van der Waals surface area contributed by atoms with Crippen molar-refractivity contribution in [3.63, 3.8) is 0 Å². The minimum atomic E-state index is -0.330. The lowest BCUT2D eigenvalue weighted by Crippen LogP contribution is -2.00. The summed E-state index contributed by atoms with van der Waals surface area (Å²) in [5.41, 5.74) is 0. The molecule has 0 N–H and O–H groups in total. The van der Waals surface area contributed by atoms with Crippen LogP contribution in [-0.2, 0) is 9.53 Å². The maximum Gasteiger partial charge on any atom is 0.330 e. The number of unbranched alkanes of at least 4 members (excludes halogenated alkanes) is 1. The van der Waals surface area contributed by atoms with Gasteiger partial charge in [0.2, 0.25) is 0 Å². The number of carbonyl (C=O) groups is 1. The van der Waals surface area contributed by atoms with Crippen LogP contribution in [0.4, 0.5) is 0 Å². The van der Waals surface area contributed by atoms with Crippen molar-refractivity contribution in [2.75, 3.05) is 6.61 Å². The van der Waals surface area contributed by atoms with Crippen LogP contribution in [0.1, 0.15) is 19.8 Å². The summed E-state index contributed by atoms with van der Waals surface area (Å²) in [6.07, 6.45) is 3.15. The minimum absolute atomic E-state index is 0.111. The number of hydrogen-bond acceptors (Lipinski definition) is 2. The molecule has 0 aliphatic heterocycles. The third-order valence-corrected chi connectivity index (χ3v) is 0.909. The van der Waals surface area contributed by atoms with Crippen molar-refractivity contribution in [1.29, 1.82) is 0 Å². The molecule has 0 saturated carbocycles. The molecule has 0 aromatic heterocycles. The highest BCUT2D eigenvalue weighted by Crippen LogP contribution is 1.98. The quantitative estimate of drug-likeness (QED) is 0.416. The molecule has 2 nitrogen and oxygen atoms in total. The van der Waals surface area contributed by atoms with Gasteiger partial charge in [-0.3, -0.25) is 0 Å². The van der Waals surface area contributed by atoms with Gasteiger partial charge in [0.1, 0.15) is 0 Å². The molecule has 0 rings (SSSR count). The standard InChI is InChI=1S/C7H12O2.C2H2Cl2/c1-3-5-6-9-7(8)4-2;1-2(3)4/h4H,2-3,5-6H2,1H3;1H2. The molecule has 0 heterocycles. The van der Waals surface area contributed by atoms with Gasteiger partial charge in [-0.05, 0) is 6.42 Å². The monoisotopic (exact) mass is 224 g/mol. The van der Waals surface area contributed by atoms with E-state index in [4.69, 9.17) is 23.2 Å². The summed E-state index contributed by atoms with van der Waals surface area (Å²) < 4.78 is 4.79. The Bertz CT molecular complexity index is 163. The molecule has 0 unspecified atom stereocenters. The number of esters is 1. The number of carbonyl (C=O) groups excluding carboxylic acids is 1. The van der Waals surface area contributed by atoms with Crippen LogP contribution in [0.15, 0.2) is 23.7 Å². The second-order valence-corrected chi connectivity index (χ2v) is 3.17. The highest BCUT2D eigenvalue weighted by atomic mass is 35.5. The highest BCUT2D eigenvalue weighted by molar-refractivity contribution is 6.55. The van der Waals surface area contributed by atoms with Gasteiger partial charge in [-0.25, -0.2) is 4.79 Å². The zero-order chi connectivity index (χ0) is 10.7. The lowest BCUT2D eigenvalue weighted by molar-refractivity contribution is -0.137. The predicted octanol–water partition coefficient (Wildman–Crippen LogP) is 3.45. The lowest BCUT2D eigenvalue weighted by Gasteiger charge is -1.97. The van der Waals surface area contributed by atoms with E-state index in [1.807, 2.05) is 6.92 Å². The molecule has 0 aromatic rings. The van der Waals surface area contributed by atoms with Gasteiger partial charge in [-0.15, -0.1) is 0 Å². The van der Waals surface area contributed by atoms with E-state index in [9.17, 15) is 4.79 Å². The Morgan fingerprint density at radius 2 is 2.00 bits per heavy atom. The Hall–Kier alpha value is -0.470. The van der Waals surface area contributed by atoms with E-state index in [2.05, 4.69) is 17.9 Å². The highest BCUT2D eigenvalue weighted by Gasteiger charge is 1.91. The lowest BCUT2D eigenvalue weighted by atomic mass is 10.4. The van der Waals surface area contributed by atoms with E-state index in [1.54, 1.807) is 0 Å². The van der Waals surface area contributed by atoms with E-state index in [1.165, 1.54) is 6.08 Å². The Morgan fingerprint density at radius 3 is 2.31 bits per heavy atom. The van der Waals surface area contributed by atoms with Gasteiger partial charge in [0.05, 0.1) is 11.1 Å². The SMILES string of the molecule is C=C(Cl)Cl.C=CC(=O)OCCCC. The molecule has 0 amide bonds. The second kappa shape index (κ2) is 11.5. The third kappa shape index (κ3) is 24.6. The first kappa shape index (κ1) is 15.0. The molecule has 4 heteroatoms. The van der Waals surface area contributed by atoms with E-state index >= 15 is 0 Å². The Kier molecular flexibility index (Phi) is 13.3. The van der Waals surface area contributed by atoms with Crippen molar-refractivity contribution in [3.05, 3.63) is 23.7 Å². The zero-order valence-electron chi connectivity index (χ0n) is 7.69. The summed E-state index contributed by atoms with van der Waals surface area (Å²) in [7, 11) is 0. The molecule has 0 aliphatic carbocycles. The van der Waals surface area contributed by atoms with Crippen LogP contribution in [0, 0.1) is 0 Å². The molecule has 0 atom stereocenters. The maximum absolute atomic E-state index is 10.3. The van der Waals surface area contributed by atoms with Crippen LogP contribution in [0.5, 0.6) is 0 Å². The van der Waals surface area contributed by atoms with Crippen molar-refractivity contribution in [1.82, 2.24) is 0 Å². The van der Waals surface area contributed by atoms with Crippen LogP contribution < -0.4 is 0 Å². The second-order valence-electron chi connectivity index (χ2n) is 2.06. The first-order valence-electron chi connectivity index (χ1n) is 3.83. The Balaban J connectivity index is 0. The molecule has 0 spiro atoms. The molecular weight excluding hydrogens is 211 g/mol. The van der Waals surface area contributed by atoms with E-state index in [-0.39, 0.29) is 10.5 Å². The van der Waals surface area contributed by atoms with Crippen LogP contribution in [0.2, 0.25) is 0 Å². The molecule has 0 saturated heterocycles. The topological polar surface area (TPSA) is 26.3 Å². The van der Waals surface area contributed by atoms with Crippen molar-refractivity contribution in [3.8, 4) is 0 Å². The molecule has 0 radical (unpaired) electrons. The fourth-order valence-electron chi connectivity index (χ4n) is 0.376. The van der Waals surface area contributed by atoms with Crippen LogP contribution in [-0.4, -0.2) is 12.6 Å². The predicted molar refractivity (Wildman–Crippen MR) is 56.9 cm³/mol. The van der Waals surface area contributed by atoms with Crippen molar-refractivity contribution in [2.24, 2.45) is 0 Å². The smallest absolute Gasteiger partial charge is 0.330 e. The zero-order valence-corrected chi connectivity index (χ0v) is 9.20. The van der Waals surface area contributed by atoms with Gasteiger partial charge in [-0.2, -0.15) is 0 Å². The van der Waals surface area contributed by atoms with E-state index in [0.29, 0.717) is 6.61 Å². The average molecular weight is 225 g/mol. The third-order valence-electron chi connectivity index (χ3n) is 0.909. The molecule has 76 valence electrons. The summed E-state index contributed by atoms with van der Waals surface area (Å²) in [6, 6.07) is 0. The molecule has 0 fully saturated rings.